The van der Waals surface area contributed by atoms with E-state index in [0.717, 1.165) is 18.3 Å². The van der Waals surface area contributed by atoms with Crippen molar-refractivity contribution < 1.29 is 4.42 Å². The van der Waals surface area contributed by atoms with Crippen LogP contribution in [0.25, 0.3) is 0 Å². The highest BCUT2D eigenvalue weighted by Gasteiger charge is 2.16. The molecule has 1 aromatic heterocycles. The van der Waals surface area contributed by atoms with Crippen LogP contribution in [0, 0.1) is 0 Å². The Morgan fingerprint density at radius 2 is 2.25 bits per heavy atom. The molecule has 1 heterocycles. The summed E-state index contributed by atoms with van der Waals surface area (Å²) in [5, 5.41) is 6.38. The van der Waals surface area contributed by atoms with E-state index < -0.39 is 0 Å². The van der Waals surface area contributed by atoms with Crippen molar-refractivity contribution >= 4 is 29.9 Å². The zero-order valence-corrected chi connectivity index (χ0v) is 14.8. The number of hydrogen-bond donors (Lipinski definition) is 2. The Hall–Kier alpha value is -1.02. The molecule has 0 amide bonds. The molecule has 0 spiro atoms. The lowest BCUT2D eigenvalue weighted by molar-refractivity contribution is 0.265. The van der Waals surface area contributed by atoms with Crippen molar-refractivity contribution in [3.05, 3.63) is 36.8 Å². The highest BCUT2D eigenvalue weighted by atomic mass is 127. The Bertz CT molecular complexity index is 390. The summed E-state index contributed by atoms with van der Waals surface area (Å²) in [6.45, 7) is 7.89. The van der Waals surface area contributed by atoms with Crippen molar-refractivity contribution in [1.29, 1.82) is 0 Å². The molecule has 0 aromatic carbocycles. The third kappa shape index (κ3) is 6.42. The molecule has 0 aliphatic rings. The van der Waals surface area contributed by atoms with E-state index in [-0.39, 0.29) is 30.0 Å². The standard InChI is InChI=1S/C14H24N4O.HI/c1-5-9-16-14(15-6-2)17-11-12(18(3)4)13-8-7-10-19-13;/h5,7-8,10,12H,1,6,9,11H2,2-4H3,(H2,15,16,17);1H. The first-order valence-corrected chi connectivity index (χ1v) is 6.52. The van der Waals surface area contributed by atoms with E-state index in [9.17, 15) is 0 Å². The average molecular weight is 392 g/mol. The maximum Gasteiger partial charge on any atom is 0.191 e. The molecule has 0 saturated carbocycles. The summed E-state index contributed by atoms with van der Waals surface area (Å²) in [5.41, 5.74) is 0. The van der Waals surface area contributed by atoms with Crippen LogP contribution >= 0.6 is 24.0 Å². The van der Waals surface area contributed by atoms with Gasteiger partial charge in [-0.3, -0.25) is 9.89 Å². The van der Waals surface area contributed by atoms with Crippen LogP contribution in [0.1, 0.15) is 18.7 Å². The summed E-state index contributed by atoms with van der Waals surface area (Å²) >= 11 is 0. The Morgan fingerprint density at radius 1 is 1.50 bits per heavy atom. The van der Waals surface area contributed by atoms with E-state index in [1.165, 1.54) is 0 Å². The molecule has 5 nitrogen and oxygen atoms in total. The van der Waals surface area contributed by atoms with Crippen molar-refractivity contribution in [3.63, 3.8) is 0 Å². The van der Waals surface area contributed by atoms with Gasteiger partial charge in [-0.25, -0.2) is 0 Å². The summed E-state index contributed by atoms with van der Waals surface area (Å²) in [4.78, 5) is 6.67. The summed E-state index contributed by atoms with van der Waals surface area (Å²) in [7, 11) is 4.04. The molecule has 20 heavy (non-hydrogen) atoms. The smallest absolute Gasteiger partial charge is 0.191 e. The molecule has 0 fully saturated rings. The Kier molecular flexibility index (Phi) is 10.2. The van der Waals surface area contributed by atoms with Crippen LogP contribution in [-0.4, -0.2) is 44.6 Å². The van der Waals surface area contributed by atoms with Crippen molar-refractivity contribution in [2.75, 3.05) is 33.7 Å². The van der Waals surface area contributed by atoms with Crippen molar-refractivity contribution in [1.82, 2.24) is 15.5 Å². The molecule has 0 aliphatic carbocycles. The number of guanidine groups is 1. The minimum Gasteiger partial charge on any atom is -0.468 e. The van der Waals surface area contributed by atoms with E-state index in [2.05, 4.69) is 27.1 Å². The fourth-order valence-corrected chi connectivity index (χ4v) is 1.68. The van der Waals surface area contributed by atoms with E-state index in [1.54, 1.807) is 6.26 Å². The quantitative estimate of drug-likeness (QED) is 0.324. The van der Waals surface area contributed by atoms with Crippen LogP contribution in [-0.2, 0) is 0 Å². The van der Waals surface area contributed by atoms with Gasteiger partial charge in [-0.1, -0.05) is 6.08 Å². The van der Waals surface area contributed by atoms with Gasteiger partial charge < -0.3 is 15.1 Å². The second-order valence-electron chi connectivity index (χ2n) is 4.38. The number of nitrogens with zero attached hydrogens (tertiary/aromatic N) is 2. The van der Waals surface area contributed by atoms with Gasteiger partial charge in [0, 0.05) is 13.1 Å². The van der Waals surface area contributed by atoms with Crippen LogP contribution < -0.4 is 10.6 Å². The summed E-state index contributed by atoms with van der Waals surface area (Å²) in [6, 6.07) is 4.01. The predicted molar refractivity (Wildman–Crippen MR) is 94.7 cm³/mol. The highest BCUT2D eigenvalue weighted by Crippen LogP contribution is 2.18. The van der Waals surface area contributed by atoms with Gasteiger partial charge in [0.25, 0.3) is 0 Å². The number of likely N-dealkylation sites (N-methyl/N-ethyl adjacent to an activating group) is 1. The molecule has 0 saturated heterocycles. The first-order chi connectivity index (χ1) is 9.19. The maximum atomic E-state index is 5.46. The number of halogens is 1. The van der Waals surface area contributed by atoms with Gasteiger partial charge in [0.15, 0.2) is 5.96 Å². The molecule has 1 aromatic rings. The SMILES string of the molecule is C=CCNC(=NCC(c1ccco1)N(C)C)NCC.I. The van der Waals surface area contributed by atoms with Crippen LogP contribution in [0.5, 0.6) is 0 Å². The molecule has 1 unspecified atom stereocenters. The van der Waals surface area contributed by atoms with Crippen molar-refractivity contribution in [2.45, 2.75) is 13.0 Å². The number of hydrogen-bond acceptors (Lipinski definition) is 3. The lowest BCUT2D eigenvalue weighted by Gasteiger charge is -2.21. The Balaban J connectivity index is 0.00000361. The van der Waals surface area contributed by atoms with Crippen molar-refractivity contribution in [2.24, 2.45) is 4.99 Å². The number of aliphatic imine (C=N–C) groups is 1. The molecule has 2 N–H and O–H groups in total. The Morgan fingerprint density at radius 3 is 2.75 bits per heavy atom. The maximum absolute atomic E-state index is 5.46. The van der Waals surface area contributed by atoms with E-state index in [1.807, 2.05) is 39.2 Å². The first-order valence-electron chi connectivity index (χ1n) is 6.52. The van der Waals surface area contributed by atoms with E-state index in [0.29, 0.717) is 13.1 Å². The molecular formula is C14H25IN4O. The monoisotopic (exact) mass is 392 g/mol. The zero-order valence-electron chi connectivity index (χ0n) is 12.4. The second-order valence-corrected chi connectivity index (χ2v) is 4.38. The third-order valence-electron chi connectivity index (χ3n) is 2.68. The van der Waals surface area contributed by atoms with Gasteiger partial charge >= 0.3 is 0 Å². The van der Waals surface area contributed by atoms with Crippen LogP contribution in [0.2, 0.25) is 0 Å². The Labute approximate surface area is 138 Å². The summed E-state index contributed by atoms with van der Waals surface area (Å²) in [6.07, 6.45) is 3.50. The fraction of sp³-hybridized carbons (Fsp3) is 0.500. The van der Waals surface area contributed by atoms with Crippen LogP contribution in [0.4, 0.5) is 0 Å². The summed E-state index contributed by atoms with van der Waals surface area (Å²) in [5.74, 6) is 1.72. The minimum absolute atomic E-state index is 0. The van der Waals surface area contributed by atoms with Gasteiger partial charge in [-0.2, -0.15) is 0 Å². The van der Waals surface area contributed by atoms with Gasteiger partial charge in [0.1, 0.15) is 5.76 Å². The number of furan rings is 1. The molecule has 1 atom stereocenters. The fourth-order valence-electron chi connectivity index (χ4n) is 1.68. The van der Waals surface area contributed by atoms with E-state index in [4.69, 9.17) is 4.42 Å². The molecule has 0 radical (unpaired) electrons. The number of rotatable bonds is 7. The molecule has 1 rings (SSSR count). The molecule has 6 heteroatoms. The molecule has 0 bridgehead atoms. The minimum atomic E-state index is 0. The second kappa shape index (κ2) is 10.7. The third-order valence-corrected chi connectivity index (χ3v) is 2.68. The number of nitrogens with one attached hydrogen (secondary N) is 2. The van der Waals surface area contributed by atoms with Crippen LogP contribution in [0.15, 0.2) is 40.5 Å². The lowest BCUT2D eigenvalue weighted by atomic mass is 10.2. The summed E-state index contributed by atoms with van der Waals surface area (Å²) < 4.78 is 5.46. The lowest BCUT2D eigenvalue weighted by Crippen LogP contribution is -2.38. The zero-order chi connectivity index (χ0) is 14.1. The van der Waals surface area contributed by atoms with E-state index >= 15 is 0 Å². The van der Waals surface area contributed by atoms with Crippen molar-refractivity contribution in [3.8, 4) is 0 Å². The van der Waals surface area contributed by atoms with Crippen LogP contribution in [0.3, 0.4) is 0 Å². The average Bonchev–Trinajstić information content (AvgIpc) is 2.89. The van der Waals surface area contributed by atoms with Gasteiger partial charge in [-0.15, -0.1) is 30.6 Å². The molecule has 114 valence electrons. The largest absolute Gasteiger partial charge is 0.468 e. The van der Waals surface area contributed by atoms with Gasteiger partial charge in [0.2, 0.25) is 0 Å². The molecular weight excluding hydrogens is 367 g/mol. The predicted octanol–water partition coefficient (Wildman–Crippen LogP) is 2.24. The topological polar surface area (TPSA) is 52.8 Å². The molecule has 0 aliphatic heterocycles. The normalized spacial score (nSPS) is 12.7. The van der Waals surface area contributed by atoms with Gasteiger partial charge in [-0.05, 0) is 33.2 Å². The first kappa shape index (κ1) is 19.0. The highest BCUT2D eigenvalue weighted by molar-refractivity contribution is 14.0. The van der Waals surface area contributed by atoms with Gasteiger partial charge in [0.05, 0.1) is 18.8 Å².